The molecule has 0 radical (unpaired) electrons. The third-order valence-corrected chi connectivity index (χ3v) is 17.9. The molecule has 4 unspecified atom stereocenters. The van der Waals surface area contributed by atoms with Crippen molar-refractivity contribution in [3.8, 4) is 0 Å². The lowest BCUT2D eigenvalue weighted by Gasteiger charge is -2.70. The molecular weight excluding hydrogens is 716 g/mol. The van der Waals surface area contributed by atoms with Gasteiger partial charge in [-0.15, -0.1) is 0 Å². The minimum absolute atomic E-state index is 0.0247. The number of carbonyl (C=O) groups is 2. The molecule has 20 atom stereocenters. The van der Waals surface area contributed by atoms with Gasteiger partial charge in [-0.2, -0.15) is 0 Å². The van der Waals surface area contributed by atoms with Crippen molar-refractivity contribution in [3.05, 3.63) is 11.6 Å². The van der Waals surface area contributed by atoms with E-state index in [-0.39, 0.29) is 39.4 Å². The molecule has 14 nitrogen and oxygen atoms in total. The van der Waals surface area contributed by atoms with Crippen molar-refractivity contribution < 1.29 is 69.4 Å². The lowest BCUT2D eigenvalue weighted by molar-refractivity contribution is -0.324. The van der Waals surface area contributed by atoms with E-state index in [0.29, 0.717) is 18.8 Å². The maximum atomic E-state index is 14.6. The van der Waals surface area contributed by atoms with E-state index < -0.39 is 96.9 Å². The number of aliphatic carboxylic acids is 1. The first-order chi connectivity index (χ1) is 25.6. The highest BCUT2D eigenvalue weighted by molar-refractivity contribution is 5.81. The van der Waals surface area contributed by atoms with Crippen molar-refractivity contribution in [2.24, 2.45) is 56.2 Å². The number of aliphatic hydroxyl groups is 7. The molecule has 0 aromatic heterocycles. The van der Waals surface area contributed by atoms with Gasteiger partial charge in [-0.05, 0) is 109 Å². The molecule has 8 aliphatic rings. The average Bonchev–Trinajstić information content (AvgIpc) is 3.50. The van der Waals surface area contributed by atoms with Gasteiger partial charge in [0, 0.05) is 0 Å². The van der Waals surface area contributed by atoms with Crippen LogP contribution in [-0.4, -0.2) is 127 Å². The molecule has 2 heterocycles. The summed E-state index contributed by atoms with van der Waals surface area (Å²) in [5.74, 6) is -1.38. The number of rotatable bonds is 6. The van der Waals surface area contributed by atoms with Crippen molar-refractivity contribution in [3.63, 3.8) is 0 Å². The molecule has 4 bridgehead atoms. The van der Waals surface area contributed by atoms with E-state index in [9.17, 15) is 50.4 Å². The van der Waals surface area contributed by atoms with Crippen LogP contribution in [0.1, 0.15) is 99.3 Å². The summed E-state index contributed by atoms with van der Waals surface area (Å²) in [6.45, 7) is 13.3. The molecule has 310 valence electrons. The number of hydrogen-bond acceptors (Lipinski definition) is 13. The zero-order valence-electron chi connectivity index (χ0n) is 32.8. The maximum Gasteiger partial charge on any atom is 0.335 e. The zero-order chi connectivity index (χ0) is 40.0. The van der Waals surface area contributed by atoms with Gasteiger partial charge >= 0.3 is 11.9 Å². The predicted octanol–water partition coefficient (Wildman–Crippen LogP) is 1.63. The SMILES string of the molecule is CC1(C)C2CC[C@]3(C)C(CC=C4[C@H]5C[C@@]6(C)CC[C@]5(C(=O)OC5O[C@H](CO)[C@@H](O)[C@H](O)[C@H]5O)C6C[C@]43C)[C@@]2(C)CC[C@@H]1O[C@@H]1O[C@H](C(=O)O)[C@@H](O)[C@H](O)[C@H]1O. The summed E-state index contributed by atoms with van der Waals surface area (Å²) in [5, 5.41) is 82.3. The minimum Gasteiger partial charge on any atom is -0.479 e. The number of ether oxygens (including phenoxy) is 4. The molecular formula is C41H62O14. The summed E-state index contributed by atoms with van der Waals surface area (Å²) >= 11 is 0. The summed E-state index contributed by atoms with van der Waals surface area (Å²) in [6, 6.07) is 0. The Hall–Kier alpha value is -1.72. The molecule has 7 fully saturated rings. The van der Waals surface area contributed by atoms with Crippen LogP contribution < -0.4 is 0 Å². The molecule has 5 saturated carbocycles. The normalized spacial score (nSPS) is 56.5. The topological polar surface area (TPSA) is 233 Å². The van der Waals surface area contributed by atoms with Gasteiger partial charge < -0.3 is 59.8 Å². The molecule has 0 amide bonds. The van der Waals surface area contributed by atoms with Crippen LogP contribution in [0.15, 0.2) is 11.6 Å². The van der Waals surface area contributed by atoms with E-state index in [4.69, 9.17) is 18.9 Å². The van der Waals surface area contributed by atoms with Gasteiger partial charge in [-0.3, -0.25) is 4.79 Å². The fourth-order valence-corrected chi connectivity index (χ4v) is 14.7. The largest absolute Gasteiger partial charge is 0.479 e. The number of aliphatic hydroxyl groups excluding tert-OH is 7. The highest BCUT2D eigenvalue weighted by Gasteiger charge is 2.78. The van der Waals surface area contributed by atoms with Crippen molar-refractivity contribution in [1.82, 2.24) is 0 Å². The van der Waals surface area contributed by atoms with Crippen LogP contribution in [0.3, 0.4) is 0 Å². The summed E-state index contributed by atoms with van der Waals surface area (Å²) in [6.07, 6.45) is -6.36. The Morgan fingerprint density at radius 2 is 1.44 bits per heavy atom. The fourth-order valence-electron chi connectivity index (χ4n) is 14.7. The zero-order valence-corrected chi connectivity index (χ0v) is 32.8. The first-order valence-corrected chi connectivity index (χ1v) is 20.4. The Bertz CT molecular complexity index is 1600. The van der Waals surface area contributed by atoms with E-state index in [0.717, 1.165) is 44.9 Å². The Morgan fingerprint density at radius 1 is 0.764 bits per heavy atom. The van der Waals surface area contributed by atoms with Gasteiger partial charge in [0.15, 0.2) is 12.4 Å². The Kier molecular flexibility index (Phi) is 9.39. The number of allylic oxidation sites excluding steroid dienone is 2. The van der Waals surface area contributed by atoms with Crippen LogP contribution in [-0.2, 0) is 28.5 Å². The second kappa shape index (κ2) is 12.9. The van der Waals surface area contributed by atoms with Crippen molar-refractivity contribution in [2.45, 2.75) is 167 Å². The number of carboxylic acids is 1. The van der Waals surface area contributed by atoms with Crippen LogP contribution >= 0.6 is 0 Å². The number of fused-ring (bicyclic) bond motifs is 6. The first kappa shape index (κ1) is 40.1. The van der Waals surface area contributed by atoms with Crippen LogP contribution in [0, 0.1) is 56.2 Å². The second-order valence-electron chi connectivity index (χ2n) is 20.3. The molecule has 0 aromatic rings. The minimum atomic E-state index is -1.78. The predicted molar refractivity (Wildman–Crippen MR) is 191 cm³/mol. The molecule has 6 aliphatic carbocycles. The second-order valence-corrected chi connectivity index (χ2v) is 20.3. The van der Waals surface area contributed by atoms with Crippen LogP contribution in [0.25, 0.3) is 0 Å². The summed E-state index contributed by atoms with van der Waals surface area (Å²) in [5.41, 5.74) is -0.357. The number of esters is 1. The number of carbonyl (C=O) groups excluding carboxylic acids is 1. The Morgan fingerprint density at radius 3 is 2.11 bits per heavy atom. The van der Waals surface area contributed by atoms with E-state index in [1.165, 1.54) is 5.57 Å². The quantitative estimate of drug-likeness (QED) is 0.109. The van der Waals surface area contributed by atoms with Crippen molar-refractivity contribution in [1.29, 1.82) is 0 Å². The molecule has 8 N–H and O–H groups in total. The Balaban J connectivity index is 1.06. The summed E-state index contributed by atoms with van der Waals surface area (Å²) in [4.78, 5) is 26.4. The van der Waals surface area contributed by atoms with Gasteiger partial charge in [0.05, 0.1) is 18.1 Å². The monoisotopic (exact) mass is 778 g/mol. The van der Waals surface area contributed by atoms with Gasteiger partial charge in [0.2, 0.25) is 6.29 Å². The third-order valence-electron chi connectivity index (χ3n) is 17.9. The Labute approximate surface area is 322 Å². The lowest BCUT2D eigenvalue weighted by atomic mass is 9.34. The lowest BCUT2D eigenvalue weighted by Crippen LogP contribution is -2.66. The number of hydrogen-bond donors (Lipinski definition) is 8. The molecule has 8 rings (SSSR count). The third kappa shape index (κ3) is 5.21. The van der Waals surface area contributed by atoms with Crippen LogP contribution in [0.5, 0.6) is 0 Å². The highest BCUT2D eigenvalue weighted by atomic mass is 16.7. The highest BCUT2D eigenvalue weighted by Crippen LogP contribution is 2.82. The molecule has 0 aromatic carbocycles. The molecule has 55 heavy (non-hydrogen) atoms. The molecule has 14 heteroatoms. The smallest absolute Gasteiger partial charge is 0.335 e. The van der Waals surface area contributed by atoms with Crippen molar-refractivity contribution >= 4 is 11.9 Å². The van der Waals surface area contributed by atoms with Gasteiger partial charge in [0.1, 0.15) is 42.7 Å². The van der Waals surface area contributed by atoms with E-state index in [2.05, 4.69) is 47.6 Å². The fraction of sp³-hybridized carbons (Fsp3) is 0.902. The van der Waals surface area contributed by atoms with Crippen LogP contribution in [0.4, 0.5) is 0 Å². The molecule has 2 aliphatic heterocycles. The number of carboxylic acid groups (broad SMARTS) is 1. The molecule has 0 spiro atoms. The van der Waals surface area contributed by atoms with Gasteiger partial charge in [-0.25, -0.2) is 4.79 Å². The van der Waals surface area contributed by atoms with E-state index in [1.54, 1.807) is 0 Å². The van der Waals surface area contributed by atoms with E-state index in [1.807, 2.05) is 0 Å². The first-order valence-electron chi connectivity index (χ1n) is 20.4. The van der Waals surface area contributed by atoms with E-state index >= 15 is 0 Å². The van der Waals surface area contributed by atoms with Crippen LogP contribution in [0.2, 0.25) is 0 Å². The maximum absolute atomic E-state index is 14.6. The molecule has 2 saturated heterocycles. The average molecular weight is 779 g/mol. The summed E-state index contributed by atoms with van der Waals surface area (Å²) < 4.78 is 23.6. The van der Waals surface area contributed by atoms with Gasteiger partial charge in [0.25, 0.3) is 0 Å². The summed E-state index contributed by atoms with van der Waals surface area (Å²) in [7, 11) is 0. The van der Waals surface area contributed by atoms with Gasteiger partial charge in [-0.1, -0.05) is 53.2 Å². The van der Waals surface area contributed by atoms with Crippen molar-refractivity contribution in [2.75, 3.05) is 6.61 Å². The standard InChI is InChI=1S/C41H62O14/c1-36(2)21-9-12-39(5)22(38(21,4)11-10-24(36)53-34-30(48)27(45)28(46)31(54-34)32(49)50)8-7-18-19-15-37(3)13-14-41(19,23(37)16-40(18,39)6)35(51)55-33-29(47)26(44)25(43)20(17-42)52-33/h7,19-31,33-34,42-48H,8-17H2,1-6H3,(H,49,50)/t19-,20-,21?,22?,23?,24+,25-,26+,27+,28+,29-,30-,31+,33?,34-,37-,38+,39-,40-,41-/m1/s1.